The highest BCUT2D eigenvalue weighted by Crippen LogP contribution is 2.55. The van der Waals surface area contributed by atoms with Crippen LogP contribution in [0.15, 0.2) is 35.7 Å². The molecule has 4 rings (SSSR count). The van der Waals surface area contributed by atoms with Gasteiger partial charge in [-0.15, -0.1) is 5.10 Å². The Balaban J connectivity index is 2.14. The van der Waals surface area contributed by atoms with Crippen molar-refractivity contribution in [1.29, 1.82) is 0 Å². The van der Waals surface area contributed by atoms with Gasteiger partial charge >= 0.3 is 11.9 Å². The van der Waals surface area contributed by atoms with Gasteiger partial charge in [-0.1, -0.05) is 18.2 Å². The molecule has 0 fully saturated rings. The number of nitrogens with two attached hydrogens (primary N) is 1. The zero-order valence-electron chi connectivity index (χ0n) is 15.9. The first kappa shape index (κ1) is 18.5. The monoisotopic (exact) mass is 398 g/mol. The van der Waals surface area contributed by atoms with Gasteiger partial charge in [0.2, 0.25) is 17.7 Å². The van der Waals surface area contributed by atoms with Crippen LogP contribution in [0.4, 0.5) is 5.69 Å². The van der Waals surface area contributed by atoms with Crippen molar-refractivity contribution in [2.45, 2.75) is 12.3 Å². The van der Waals surface area contributed by atoms with Crippen LogP contribution in [0, 0.1) is 0 Å². The summed E-state index contributed by atoms with van der Waals surface area (Å²) in [5.41, 5.74) is 5.05. The number of carbonyl (C=O) groups is 3. The lowest BCUT2D eigenvalue weighted by Crippen LogP contribution is -2.48. The van der Waals surface area contributed by atoms with Crippen molar-refractivity contribution < 1.29 is 28.6 Å². The van der Waals surface area contributed by atoms with E-state index in [1.807, 2.05) is 0 Å². The Morgan fingerprint density at radius 2 is 2.03 bits per heavy atom. The highest BCUT2D eigenvalue weighted by Gasteiger charge is 2.62. The molecular formula is C19H18N4O6. The van der Waals surface area contributed by atoms with E-state index in [1.54, 1.807) is 38.2 Å². The number of fused-ring (bicyclic) bond motifs is 4. The summed E-state index contributed by atoms with van der Waals surface area (Å²) in [7, 11) is 2.76. The fourth-order valence-electron chi connectivity index (χ4n) is 3.96. The van der Waals surface area contributed by atoms with Crippen LogP contribution in [-0.2, 0) is 24.5 Å². The summed E-state index contributed by atoms with van der Waals surface area (Å²) >= 11 is 0. The van der Waals surface area contributed by atoms with Crippen molar-refractivity contribution in [2.24, 2.45) is 5.73 Å². The van der Waals surface area contributed by atoms with Gasteiger partial charge in [0, 0.05) is 18.3 Å². The van der Waals surface area contributed by atoms with Crippen LogP contribution in [-0.4, -0.2) is 48.8 Å². The predicted molar refractivity (Wildman–Crippen MR) is 99.0 cm³/mol. The van der Waals surface area contributed by atoms with Gasteiger partial charge < -0.3 is 24.8 Å². The quantitative estimate of drug-likeness (QED) is 0.717. The topological polar surface area (TPSA) is 137 Å². The molecule has 2 aliphatic rings. The van der Waals surface area contributed by atoms with E-state index in [0.29, 0.717) is 11.3 Å². The van der Waals surface area contributed by atoms with E-state index in [1.165, 1.54) is 12.0 Å². The molecule has 1 unspecified atom stereocenters. The second-order valence-corrected chi connectivity index (χ2v) is 6.46. The molecule has 3 heterocycles. The number of hydrogen-bond donors (Lipinski definition) is 2. The Bertz CT molecular complexity index is 1090. The van der Waals surface area contributed by atoms with Gasteiger partial charge in [0.15, 0.2) is 5.69 Å². The number of benzene rings is 1. The van der Waals surface area contributed by atoms with E-state index >= 15 is 0 Å². The average Bonchev–Trinajstić information content (AvgIpc) is 3.22. The summed E-state index contributed by atoms with van der Waals surface area (Å²) in [4.78, 5) is 40.5. The molecule has 1 spiro atoms. The van der Waals surface area contributed by atoms with Crippen LogP contribution in [0.25, 0.3) is 0 Å². The van der Waals surface area contributed by atoms with Crippen molar-refractivity contribution in [3.8, 4) is 5.88 Å². The first-order valence-electron chi connectivity index (χ1n) is 8.79. The fraction of sp³-hybridized carbons (Fsp3) is 0.263. The van der Waals surface area contributed by atoms with Gasteiger partial charge in [0.1, 0.15) is 11.0 Å². The number of aromatic amines is 1. The number of amides is 1. The van der Waals surface area contributed by atoms with Crippen LogP contribution in [0.2, 0.25) is 0 Å². The molecule has 2 aromatic rings. The van der Waals surface area contributed by atoms with Gasteiger partial charge in [-0.25, -0.2) is 9.59 Å². The first-order valence-corrected chi connectivity index (χ1v) is 8.79. The molecule has 0 radical (unpaired) electrons. The molecule has 1 aromatic heterocycles. The number of H-pyrrole nitrogens is 1. The van der Waals surface area contributed by atoms with E-state index in [0.717, 1.165) is 0 Å². The molecule has 0 aliphatic carbocycles. The number of carbonyl (C=O) groups excluding carboxylic acids is 3. The largest absolute Gasteiger partial charge is 0.464 e. The Morgan fingerprint density at radius 3 is 2.72 bits per heavy atom. The minimum Gasteiger partial charge on any atom is -0.464 e. The third-order valence-corrected chi connectivity index (χ3v) is 5.10. The third-order valence-electron chi connectivity index (χ3n) is 5.10. The summed E-state index contributed by atoms with van der Waals surface area (Å²) in [5.74, 6) is -2.51. The maximum Gasteiger partial charge on any atom is 0.356 e. The molecule has 2 aliphatic heterocycles. The number of nitrogens with zero attached hydrogens (tertiary/aromatic N) is 2. The number of hydrogen-bond acceptors (Lipinski definition) is 8. The molecule has 1 atom stereocenters. The Hall–Kier alpha value is -3.82. The van der Waals surface area contributed by atoms with Crippen molar-refractivity contribution >= 4 is 23.5 Å². The maximum atomic E-state index is 13.7. The number of nitrogens with one attached hydrogen (secondary N) is 1. The molecule has 150 valence electrons. The highest BCUT2D eigenvalue weighted by molar-refractivity contribution is 6.19. The number of esters is 2. The second kappa shape index (κ2) is 6.36. The van der Waals surface area contributed by atoms with Crippen molar-refractivity contribution in [3.63, 3.8) is 0 Å². The lowest BCUT2D eigenvalue weighted by molar-refractivity contribution is -0.140. The van der Waals surface area contributed by atoms with E-state index in [2.05, 4.69) is 10.2 Å². The molecule has 10 nitrogen and oxygen atoms in total. The van der Waals surface area contributed by atoms with Crippen LogP contribution < -0.4 is 15.4 Å². The van der Waals surface area contributed by atoms with E-state index < -0.39 is 23.3 Å². The molecule has 10 heteroatoms. The Labute approximate surface area is 165 Å². The number of aromatic nitrogens is 2. The molecule has 1 aromatic carbocycles. The van der Waals surface area contributed by atoms with Crippen LogP contribution >= 0.6 is 0 Å². The number of rotatable bonds is 3. The van der Waals surface area contributed by atoms with Crippen molar-refractivity contribution in [3.05, 3.63) is 52.5 Å². The van der Waals surface area contributed by atoms with Crippen LogP contribution in [0.1, 0.15) is 28.5 Å². The van der Waals surface area contributed by atoms with Crippen molar-refractivity contribution in [1.82, 2.24) is 10.2 Å². The third kappa shape index (κ3) is 2.22. The zero-order valence-corrected chi connectivity index (χ0v) is 15.9. The molecule has 0 bridgehead atoms. The normalized spacial score (nSPS) is 19.7. The van der Waals surface area contributed by atoms with Gasteiger partial charge in [-0.2, -0.15) is 0 Å². The lowest BCUT2D eigenvalue weighted by atomic mass is 9.68. The van der Waals surface area contributed by atoms with Crippen LogP contribution in [0.5, 0.6) is 5.88 Å². The summed E-state index contributed by atoms with van der Waals surface area (Å²) in [6, 6.07) is 6.90. The number of likely N-dealkylation sites (N-methyl/N-ethyl adjacent to an activating group) is 1. The highest BCUT2D eigenvalue weighted by atomic mass is 16.5. The zero-order chi connectivity index (χ0) is 20.9. The standard InChI is InChI=1S/C19H18N4O6/c1-4-28-16(24)12-14(20)29-15-11(13(21-22-15)17(25)27-3)19(12)9-7-5-6-8-10(9)23(2)18(19)26/h5-8H,4,20H2,1-3H3,(H,21,22). The Kier molecular flexibility index (Phi) is 4.07. The molecule has 1 amide bonds. The fourth-order valence-corrected chi connectivity index (χ4v) is 3.96. The number of methoxy groups -OCH3 is 1. The van der Waals surface area contributed by atoms with E-state index in [-0.39, 0.29) is 35.2 Å². The summed E-state index contributed by atoms with van der Waals surface area (Å²) < 4.78 is 15.5. The average molecular weight is 398 g/mol. The predicted octanol–water partition coefficient (Wildman–Crippen LogP) is 0.585. The first-order chi connectivity index (χ1) is 13.9. The molecule has 0 saturated heterocycles. The molecule has 29 heavy (non-hydrogen) atoms. The van der Waals surface area contributed by atoms with Crippen LogP contribution in [0.3, 0.4) is 0 Å². The second-order valence-electron chi connectivity index (χ2n) is 6.46. The maximum absolute atomic E-state index is 13.7. The van der Waals surface area contributed by atoms with E-state index in [9.17, 15) is 14.4 Å². The van der Waals surface area contributed by atoms with Gasteiger partial charge in [0.05, 0.1) is 19.3 Å². The van der Waals surface area contributed by atoms with Gasteiger partial charge in [-0.05, 0) is 13.0 Å². The van der Waals surface area contributed by atoms with E-state index in [4.69, 9.17) is 19.9 Å². The summed E-state index contributed by atoms with van der Waals surface area (Å²) in [5, 5.41) is 6.52. The summed E-state index contributed by atoms with van der Waals surface area (Å²) in [6.07, 6.45) is 0. The number of para-hydroxylation sites is 1. The summed E-state index contributed by atoms with van der Waals surface area (Å²) in [6.45, 7) is 1.68. The number of anilines is 1. The van der Waals surface area contributed by atoms with Crippen molar-refractivity contribution in [2.75, 3.05) is 25.7 Å². The molecule has 3 N–H and O–H groups in total. The number of ether oxygens (including phenoxy) is 3. The minimum absolute atomic E-state index is 0.0550. The SMILES string of the molecule is CCOC(=O)C1=C(N)Oc2n[nH]c(C(=O)OC)c2C12C(=O)N(C)c1ccccc12. The lowest BCUT2D eigenvalue weighted by Gasteiger charge is -2.33. The molecular weight excluding hydrogens is 380 g/mol. The smallest absolute Gasteiger partial charge is 0.356 e. The minimum atomic E-state index is -1.77. The van der Waals surface area contributed by atoms with Gasteiger partial charge in [0.25, 0.3) is 0 Å². The van der Waals surface area contributed by atoms with Gasteiger partial charge in [-0.3, -0.25) is 9.89 Å². The Morgan fingerprint density at radius 1 is 1.31 bits per heavy atom. The molecule has 0 saturated carbocycles.